The lowest BCUT2D eigenvalue weighted by Crippen LogP contribution is -2.57. The molecule has 0 aliphatic carbocycles. The molecule has 278 valence electrons. The minimum Gasteiger partial charge on any atom is -0.467 e. The molecular formula is C35H48N12O5. The van der Waals surface area contributed by atoms with Gasteiger partial charge in [-0.25, -0.2) is 4.79 Å². The zero-order valence-electron chi connectivity index (χ0n) is 29.1. The molecule has 17 nitrogen and oxygen atoms in total. The van der Waals surface area contributed by atoms with Crippen molar-refractivity contribution in [3.05, 3.63) is 72.1 Å². The molecule has 17 heteroatoms. The van der Waals surface area contributed by atoms with E-state index in [0.717, 1.165) is 32.9 Å². The Morgan fingerprint density at radius 2 is 1.13 bits per heavy atom. The zero-order chi connectivity index (χ0) is 37.6. The lowest BCUT2D eigenvalue weighted by molar-refractivity contribution is -0.145. The SMILES string of the molecule is COC(=O)[C@H](CCCN=C(N)N)NC(=O)[C@H](Cc1c[nH]c2ccccc12)NC(=O)[C@H](CCCN=C(N)N)NC(=O)[C@@H](N)Cc1c[nH]c2ccccc12. The number of hydrogen-bond donors (Lipinski definition) is 10. The highest BCUT2D eigenvalue weighted by Gasteiger charge is 2.31. The fourth-order valence-corrected chi connectivity index (χ4v) is 5.85. The molecule has 0 aliphatic heterocycles. The Morgan fingerprint density at radius 3 is 1.67 bits per heavy atom. The normalized spacial score (nSPS) is 13.3. The molecule has 52 heavy (non-hydrogen) atoms. The second-order valence-corrected chi connectivity index (χ2v) is 12.3. The molecule has 3 amide bonds. The first-order chi connectivity index (χ1) is 25.0. The van der Waals surface area contributed by atoms with Crippen molar-refractivity contribution in [2.45, 2.75) is 62.7 Å². The van der Waals surface area contributed by atoms with Crippen LogP contribution in [0.1, 0.15) is 36.8 Å². The van der Waals surface area contributed by atoms with E-state index < -0.39 is 47.9 Å². The Hall–Kier alpha value is -6.10. The van der Waals surface area contributed by atoms with Crippen LogP contribution in [0.3, 0.4) is 0 Å². The molecule has 15 N–H and O–H groups in total. The van der Waals surface area contributed by atoms with Crippen molar-refractivity contribution in [3.8, 4) is 0 Å². The van der Waals surface area contributed by atoms with Crippen LogP contribution in [0.5, 0.6) is 0 Å². The van der Waals surface area contributed by atoms with Crippen LogP contribution >= 0.6 is 0 Å². The summed E-state index contributed by atoms with van der Waals surface area (Å²) in [6.07, 6.45) is 4.80. The quantitative estimate of drug-likeness (QED) is 0.0257. The minimum atomic E-state index is -1.17. The maximum Gasteiger partial charge on any atom is 0.328 e. The number of rotatable bonds is 19. The van der Waals surface area contributed by atoms with Crippen molar-refractivity contribution in [1.29, 1.82) is 0 Å². The monoisotopic (exact) mass is 716 g/mol. The van der Waals surface area contributed by atoms with Crippen LogP contribution < -0.4 is 44.6 Å². The van der Waals surface area contributed by atoms with Crippen LogP contribution in [0.2, 0.25) is 0 Å². The van der Waals surface area contributed by atoms with Gasteiger partial charge in [0.05, 0.1) is 13.2 Å². The third kappa shape index (κ3) is 10.9. The third-order valence-electron chi connectivity index (χ3n) is 8.51. The molecule has 0 unspecified atom stereocenters. The fraction of sp³-hybridized carbons (Fsp3) is 0.371. The highest BCUT2D eigenvalue weighted by molar-refractivity contribution is 5.95. The molecule has 0 aliphatic rings. The van der Waals surface area contributed by atoms with Gasteiger partial charge in [0.1, 0.15) is 18.1 Å². The number of hydrogen-bond acceptors (Lipinski definition) is 8. The summed E-state index contributed by atoms with van der Waals surface area (Å²) in [6, 6.07) is 10.8. The summed E-state index contributed by atoms with van der Waals surface area (Å²) >= 11 is 0. The number of methoxy groups -OCH3 is 1. The molecule has 2 aromatic heterocycles. The van der Waals surface area contributed by atoms with Crippen LogP contribution in [0.25, 0.3) is 21.8 Å². The third-order valence-corrected chi connectivity index (χ3v) is 8.51. The predicted molar refractivity (Wildman–Crippen MR) is 200 cm³/mol. The fourth-order valence-electron chi connectivity index (χ4n) is 5.85. The maximum atomic E-state index is 14.0. The van der Waals surface area contributed by atoms with Crippen molar-refractivity contribution in [2.75, 3.05) is 20.2 Å². The van der Waals surface area contributed by atoms with E-state index in [9.17, 15) is 19.2 Å². The van der Waals surface area contributed by atoms with Gasteiger partial charge in [-0.3, -0.25) is 24.4 Å². The summed E-state index contributed by atoms with van der Waals surface area (Å²) in [7, 11) is 1.21. The lowest BCUT2D eigenvalue weighted by atomic mass is 10.0. The van der Waals surface area contributed by atoms with E-state index in [1.54, 1.807) is 12.4 Å². The number of fused-ring (bicyclic) bond motifs is 2. The van der Waals surface area contributed by atoms with Crippen molar-refractivity contribution in [3.63, 3.8) is 0 Å². The molecule has 0 fully saturated rings. The van der Waals surface area contributed by atoms with Gasteiger partial charge >= 0.3 is 5.97 Å². The van der Waals surface area contributed by atoms with E-state index >= 15 is 0 Å². The number of H-pyrrole nitrogens is 2. The molecule has 2 aromatic carbocycles. The summed E-state index contributed by atoms with van der Waals surface area (Å²) < 4.78 is 4.93. The summed E-state index contributed by atoms with van der Waals surface area (Å²) in [6.45, 7) is 0.425. The summed E-state index contributed by atoms with van der Waals surface area (Å²) in [5.41, 5.74) is 31.5. The Balaban J connectivity index is 1.55. The van der Waals surface area contributed by atoms with Crippen LogP contribution in [-0.2, 0) is 36.8 Å². The van der Waals surface area contributed by atoms with E-state index in [1.807, 2.05) is 48.5 Å². The highest BCUT2D eigenvalue weighted by Crippen LogP contribution is 2.21. The molecule has 0 spiro atoms. The second kappa shape index (κ2) is 18.8. The number of guanidine groups is 2. The number of nitrogens with zero attached hydrogens (tertiary/aromatic N) is 2. The van der Waals surface area contributed by atoms with Gasteiger partial charge in [0, 0.05) is 53.7 Å². The topological polar surface area (TPSA) is 300 Å². The number of nitrogens with one attached hydrogen (secondary N) is 5. The Morgan fingerprint density at radius 1 is 0.673 bits per heavy atom. The smallest absolute Gasteiger partial charge is 0.328 e. The predicted octanol–water partition coefficient (Wildman–Crippen LogP) is -0.504. The Labute approximate surface area is 300 Å². The number of amides is 3. The summed E-state index contributed by atoms with van der Waals surface area (Å²) in [5.74, 6) is -2.73. The van der Waals surface area contributed by atoms with Gasteiger partial charge in [-0.2, -0.15) is 0 Å². The Bertz CT molecular complexity index is 1890. The average Bonchev–Trinajstić information content (AvgIpc) is 3.73. The number of aromatic amines is 2. The number of ether oxygens (including phenoxy) is 1. The van der Waals surface area contributed by atoms with Crippen LogP contribution in [0, 0.1) is 0 Å². The van der Waals surface area contributed by atoms with Gasteiger partial charge in [-0.15, -0.1) is 0 Å². The number of nitrogens with two attached hydrogens (primary N) is 5. The van der Waals surface area contributed by atoms with Crippen molar-refractivity contribution in [2.24, 2.45) is 38.7 Å². The van der Waals surface area contributed by atoms with Gasteiger partial charge in [0.25, 0.3) is 0 Å². The van der Waals surface area contributed by atoms with Gasteiger partial charge < -0.3 is 59.3 Å². The van der Waals surface area contributed by atoms with Crippen molar-refractivity contribution >= 4 is 57.4 Å². The minimum absolute atomic E-state index is 0.0538. The number of esters is 1. The zero-order valence-corrected chi connectivity index (χ0v) is 29.1. The molecule has 4 rings (SSSR count). The number of aromatic nitrogens is 2. The van der Waals surface area contributed by atoms with Gasteiger partial charge in [0.15, 0.2) is 11.9 Å². The second-order valence-electron chi connectivity index (χ2n) is 12.3. The number of aliphatic imine (C=N–C) groups is 2. The summed E-state index contributed by atoms with van der Waals surface area (Å²) in [5, 5.41) is 10.1. The van der Waals surface area contributed by atoms with E-state index in [2.05, 4.69) is 35.9 Å². The number of carbonyl (C=O) groups is 4. The van der Waals surface area contributed by atoms with Crippen LogP contribution in [-0.4, -0.2) is 89.9 Å². The molecule has 0 saturated heterocycles. The lowest BCUT2D eigenvalue weighted by Gasteiger charge is -2.25. The molecule has 0 bridgehead atoms. The van der Waals surface area contributed by atoms with Crippen molar-refractivity contribution in [1.82, 2.24) is 25.9 Å². The highest BCUT2D eigenvalue weighted by atomic mass is 16.5. The van der Waals surface area contributed by atoms with Gasteiger partial charge in [-0.1, -0.05) is 36.4 Å². The van der Waals surface area contributed by atoms with Gasteiger partial charge in [0.2, 0.25) is 17.7 Å². The first-order valence-electron chi connectivity index (χ1n) is 16.9. The van der Waals surface area contributed by atoms with Crippen molar-refractivity contribution < 1.29 is 23.9 Å². The Kier molecular flexibility index (Phi) is 14.0. The first-order valence-corrected chi connectivity index (χ1v) is 16.9. The van der Waals surface area contributed by atoms with Gasteiger partial charge in [-0.05, 0) is 55.4 Å². The molecule has 4 aromatic rings. The number of carbonyl (C=O) groups excluding carboxylic acids is 4. The molecule has 2 heterocycles. The van der Waals surface area contributed by atoms with E-state index in [0.29, 0.717) is 12.8 Å². The van der Waals surface area contributed by atoms with E-state index in [-0.39, 0.29) is 50.7 Å². The van der Waals surface area contributed by atoms with E-state index in [4.69, 9.17) is 33.4 Å². The standard InChI is InChI=1S/C35H48N12O5/c1-52-33(51)28(13-7-15-42-35(39)40)46-32(50)29(17-21-19-44-26-11-5-3-9-23(21)26)47-31(49)27(12-6-14-41-34(37)38)45-30(48)24(36)16-20-18-43-25-10-4-2-8-22(20)25/h2-5,8-11,18-19,24,27-29,43-44H,6-7,12-17,36H2,1H3,(H,45,48)(H,46,50)(H,47,49)(H4,37,38,41)(H4,39,40,42)/t24-,27-,28-,29-/m0/s1. The molecular weight excluding hydrogens is 668 g/mol. The largest absolute Gasteiger partial charge is 0.467 e. The first kappa shape index (κ1) is 38.7. The number of benzene rings is 2. The van der Waals surface area contributed by atoms with Crippen LogP contribution in [0.15, 0.2) is 70.9 Å². The van der Waals surface area contributed by atoms with Crippen LogP contribution in [0.4, 0.5) is 0 Å². The molecule has 0 saturated carbocycles. The maximum absolute atomic E-state index is 14.0. The molecule has 0 radical (unpaired) electrons. The average molecular weight is 717 g/mol. The summed E-state index contributed by atoms with van der Waals surface area (Å²) in [4.78, 5) is 68.3. The number of para-hydroxylation sites is 2. The molecule has 4 atom stereocenters. The van der Waals surface area contributed by atoms with E-state index in [1.165, 1.54) is 7.11 Å².